The normalized spacial score (nSPS) is 13.0. The van der Waals surface area contributed by atoms with Gasteiger partial charge in [-0.25, -0.2) is 4.68 Å². The second-order valence-electron chi connectivity index (χ2n) is 5.36. The van der Waals surface area contributed by atoms with E-state index in [1.807, 2.05) is 36.4 Å². The van der Waals surface area contributed by atoms with Gasteiger partial charge in [0.2, 0.25) is 0 Å². The van der Waals surface area contributed by atoms with Crippen molar-refractivity contribution >= 4 is 62.7 Å². The fourth-order valence-corrected chi connectivity index (χ4v) is 2.94. The predicted octanol–water partition coefficient (Wildman–Crippen LogP) is 4.16. The number of nitrogens with zero attached hydrogens (tertiary/aromatic N) is 3. The molecule has 1 amide bonds. The van der Waals surface area contributed by atoms with Gasteiger partial charge in [-0.05, 0) is 65.9 Å². The van der Waals surface area contributed by atoms with Crippen molar-refractivity contribution in [2.24, 2.45) is 0 Å². The van der Waals surface area contributed by atoms with Gasteiger partial charge < -0.3 is 5.32 Å². The number of carbonyl (C=O) groups excluding carboxylic acids is 1. The van der Waals surface area contributed by atoms with Gasteiger partial charge in [-0.15, -0.1) is 5.10 Å². The molecule has 1 heterocycles. The van der Waals surface area contributed by atoms with Gasteiger partial charge in [0.15, 0.2) is 10.5 Å². The van der Waals surface area contributed by atoms with Gasteiger partial charge in [-0.2, -0.15) is 0 Å². The number of halogens is 3. The highest BCUT2D eigenvalue weighted by Crippen LogP contribution is 2.33. The van der Waals surface area contributed by atoms with E-state index in [9.17, 15) is 4.79 Å². The average Bonchev–Trinajstić information content (AvgIpc) is 2.95. The number of alkyl halides is 2. The molecule has 3 aromatic rings. The molecule has 0 bridgehead atoms. The van der Waals surface area contributed by atoms with E-state index in [-0.39, 0.29) is 5.91 Å². The smallest absolute Gasteiger partial charge is 0.253 e. The van der Waals surface area contributed by atoms with Crippen LogP contribution in [0.15, 0.2) is 48.5 Å². The van der Waals surface area contributed by atoms with Gasteiger partial charge in [0.05, 0.1) is 5.52 Å². The summed E-state index contributed by atoms with van der Waals surface area (Å²) in [7, 11) is 0. The monoisotopic (exact) mass is 474 g/mol. The minimum absolute atomic E-state index is 0.288. The van der Waals surface area contributed by atoms with Gasteiger partial charge in [-0.3, -0.25) is 4.79 Å². The first-order valence-electron chi connectivity index (χ1n) is 7.10. The lowest BCUT2D eigenvalue weighted by atomic mass is 10.2. The van der Waals surface area contributed by atoms with Crippen LogP contribution in [0, 0.1) is 3.57 Å². The van der Waals surface area contributed by atoms with Crippen LogP contribution in [0.3, 0.4) is 0 Å². The molecule has 1 N–H and O–H groups in total. The maximum Gasteiger partial charge on any atom is 0.253 e. The number of para-hydroxylation sites is 1. The van der Waals surface area contributed by atoms with Crippen LogP contribution in [0.1, 0.15) is 23.4 Å². The number of benzene rings is 2. The molecule has 5 nitrogen and oxygen atoms in total. The number of hydrogen-bond donors (Lipinski definition) is 1. The Morgan fingerprint density at radius 2 is 1.88 bits per heavy atom. The summed E-state index contributed by atoms with van der Waals surface area (Å²) in [6.45, 7) is 1.60. The van der Waals surface area contributed by atoms with Crippen LogP contribution >= 0.6 is 45.8 Å². The van der Waals surface area contributed by atoms with Crippen molar-refractivity contribution in [3.63, 3.8) is 0 Å². The third kappa shape index (κ3) is 3.65. The fourth-order valence-electron chi connectivity index (χ4n) is 2.29. The number of rotatable bonds is 4. The van der Waals surface area contributed by atoms with Crippen molar-refractivity contribution in [2.75, 3.05) is 0 Å². The molecular formula is C16H13Cl2IN4O. The number of aromatic nitrogens is 3. The fraction of sp³-hybridized carbons (Fsp3) is 0.188. The van der Waals surface area contributed by atoms with Gasteiger partial charge in [0.25, 0.3) is 5.91 Å². The van der Waals surface area contributed by atoms with Crippen LogP contribution in [0.2, 0.25) is 0 Å². The van der Waals surface area contributed by atoms with E-state index < -0.39 is 10.5 Å². The lowest BCUT2D eigenvalue weighted by molar-refractivity contribution is 0.0911. The molecular weight excluding hydrogens is 462 g/mol. The second kappa shape index (κ2) is 6.85. The molecule has 0 radical (unpaired) electrons. The van der Waals surface area contributed by atoms with Crippen LogP contribution in [0.25, 0.3) is 11.0 Å². The first-order valence-corrected chi connectivity index (χ1v) is 8.94. The van der Waals surface area contributed by atoms with Gasteiger partial charge in [-0.1, -0.05) is 40.5 Å². The lowest BCUT2D eigenvalue weighted by Crippen LogP contribution is -2.42. The van der Waals surface area contributed by atoms with Gasteiger partial charge in [0.1, 0.15) is 5.52 Å². The van der Waals surface area contributed by atoms with Gasteiger partial charge in [0, 0.05) is 9.13 Å². The Balaban J connectivity index is 1.96. The first kappa shape index (κ1) is 17.4. The molecule has 1 unspecified atom stereocenters. The van der Waals surface area contributed by atoms with Crippen LogP contribution in [0.5, 0.6) is 0 Å². The molecule has 0 saturated heterocycles. The largest absolute Gasteiger partial charge is 0.328 e. The highest BCUT2D eigenvalue weighted by atomic mass is 127. The molecule has 0 saturated carbocycles. The lowest BCUT2D eigenvalue weighted by Gasteiger charge is -2.27. The zero-order valence-corrected chi connectivity index (χ0v) is 16.2. The third-order valence-electron chi connectivity index (χ3n) is 3.48. The van der Waals surface area contributed by atoms with Crippen LogP contribution in [-0.4, -0.2) is 25.2 Å². The number of amides is 1. The number of nitrogens with one attached hydrogen (secondary N) is 1. The van der Waals surface area contributed by atoms with Crippen LogP contribution in [0.4, 0.5) is 0 Å². The summed E-state index contributed by atoms with van der Waals surface area (Å²) in [5.41, 5.74) is 1.95. The third-order valence-corrected chi connectivity index (χ3v) is 4.61. The zero-order chi connectivity index (χ0) is 17.3. The minimum atomic E-state index is -1.28. The van der Waals surface area contributed by atoms with Gasteiger partial charge >= 0.3 is 0 Å². The zero-order valence-electron chi connectivity index (χ0n) is 12.6. The Hall–Kier alpha value is -1.38. The van der Waals surface area contributed by atoms with E-state index in [4.69, 9.17) is 23.2 Å². The van der Waals surface area contributed by atoms with E-state index in [2.05, 4.69) is 38.2 Å². The molecule has 1 atom stereocenters. The second-order valence-corrected chi connectivity index (χ2v) is 8.37. The van der Waals surface area contributed by atoms with E-state index in [1.165, 1.54) is 4.68 Å². The Morgan fingerprint density at radius 1 is 1.21 bits per heavy atom. The molecule has 0 aliphatic carbocycles. The molecule has 0 spiro atoms. The van der Waals surface area contributed by atoms with Crippen molar-refractivity contribution < 1.29 is 4.79 Å². The number of hydrogen-bond acceptors (Lipinski definition) is 3. The Morgan fingerprint density at radius 3 is 2.54 bits per heavy atom. The maximum absolute atomic E-state index is 12.6. The van der Waals surface area contributed by atoms with E-state index >= 15 is 0 Å². The number of carbonyl (C=O) groups is 1. The summed E-state index contributed by atoms with van der Waals surface area (Å²) in [4.78, 5) is 12.6. The van der Waals surface area contributed by atoms with Crippen molar-refractivity contribution in [1.29, 1.82) is 0 Å². The predicted molar refractivity (Wildman–Crippen MR) is 103 cm³/mol. The molecule has 1 aromatic heterocycles. The summed E-state index contributed by atoms with van der Waals surface area (Å²) in [6.07, 6.45) is -0.778. The molecule has 124 valence electrons. The van der Waals surface area contributed by atoms with E-state index in [0.29, 0.717) is 11.1 Å². The molecule has 24 heavy (non-hydrogen) atoms. The summed E-state index contributed by atoms with van der Waals surface area (Å²) in [5, 5.41) is 11.0. The quantitative estimate of drug-likeness (QED) is 0.456. The standard InChI is InChI=1S/C16H13Cl2IN4O/c1-16(17,18)15(20-14(24)10-6-8-11(19)9-7-10)23-13-5-3-2-4-12(13)21-22-23/h2-9,15H,1H3,(H,20,24). The summed E-state index contributed by atoms with van der Waals surface area (Å²) < 4.78 is 1.29. The minimum Gasteiger partial charge on any atom is -0.328 e. The molecule has 8 heteroatoms. The molecule has 0 fully saturated rings. The molecule has 3 rings (SSSR count). The maximum atomic E-state index is 12.6. The SMILES string of the molecule is CC(Cl)(Cl)C(NC(=O)c1ccc(I)cc1)n1nnc2ccccc21. The van der Waals surface area contributed by atoms with Crippen molar-refractivity contribution in [3.05, 3.63) is 57.7 Å². The summed E-state index contributed by atoms with van der Waals surface area (Å²) in [6, 6.07) is 14.6. The van der Waals surface area contributed by atoms with Crippen molar-refractivity contribution in [1.82, 2.24) is 20.3 Å². The average molecular weight is 475 g/mol. The summed E-state index contributed by atoms with van der Waals surface area (Å²) >= 11 is 14.8. The topological polar surface area (TPSA) is 59.8 Å². The Kier molecular flexibility index (Phi) is 4.98. The molecule has 2 aromatic carbocycles. The van der Waals surface area contributed by atoms with Crippen molar-refractivity contribution in [3.8, 4) is 0 Å². The van der Waals surface area contributed by atoms with E-state index in [0.717, 1.165) is 9.09 Å². The highest BCUT2D eigenvalue weighted by molar-refractivity contribution is 14.1. The Labute approximate surface area is 162 Å². The molecule has 0 aliphatic rings. The summed E-state index contributed by atoms with van der Waals surface area (Å²) in [5.74, 6) is -0.288. The molecule has 0 aliphatic heterocycles. The number of fused-ring (bicyclic) bond motifs is 1. The highest BCUT2D eigenvalue weighted by Gasteiger charge is 2.35. The first-order chi connectivity index (χ1) is 11.4. The van der Waals surface area contributed by atoms with Crippen LogP contribution < -0.4 is 5.32 Å². The van der Waals surface area contributed by atoms with Crippen LogP contribution in [-0.2, 0) is 0 Å². The van der Waals surface area contributed by atoms with Crippen molar-refractivity contribution in [2.45, 2.75) is 17.4 Å². The Bertz CT molecular complexity index is 874. The van der Waals surface area contributed by atoms with E-state index in [1.54, 1.807) is 19.1 Å².